The highest BCUT2D eigenvalue weighted by Gasteiger charge is 2.32. The number of nitrogens with one attached hydrogen (secondary N) is 1. The van der Waals surface area contributed by atoms with Gasteiger partial charge in [-0.25, -0.2) is 0 Å². The second-order valence-corrected chi connectivity index (χ2v) is 6.13. The molecule has 1 heterocycles. The highest BCUT2D eigenvalue weighted by atomic mass is 16.3. The number of aromatic amines is 1. The van der Waals surface area contributed by atoms with Crippen molar-refractivity contribution in [3.63, 3.8) is 0 Å². The Kier molecular flexibility index (Phi) is 3.49. The number of aliphatic hydroxyl groups is 1. The number of likely N-dealkylation sites (N-methyl/N-ethyl adjacent to an activating group) is 1. The van der Waals surface area contributed by atoms with Crippen molar-refractivity contribution in [2.45, 2.75) is 45.3 Å². The number of hydrogen-bond donors (Lipinski definition) is 2. The monoisotopic (exact) mass is 286 g/mol. The first-order valence-electron chi connectivity index (χ1n) is 7.53. The minimum absolute atomic E-state index is 0.0470. The number of H-pyrrole nitrogens is 1. The molecule has 4 nitrogen and oxygen atoms in total. The average Bonchev–Trinajstić information content (AvgIpc) is 3.08. The molecule has 4 heteroatoms. The Labute approximate surface area is 124 Å². The molecule has 1 aromatic carbocycles. The van der Waals surface area contributed by atoms with Gasteiger partial charge in [-0.3, -0.25) is 4.79 Å². The molecule has 1 aromatic heterocycles. The molecule has 0 radical (unpaired) electrons. The van der Waals surface area contributed by atoms with E-state index in [1.165, 1.54) is 11.1 Å². The SMILES string of the molecule is Cc1ccc2[nH]c(C(=O)N(C)[C@@H]3CCC[C@H]3O)cc2c1C. The number of aromatic nitrogens is 1. The highest BCUT2D eigenvalue weighted by Crippen LogP contribution is 2.26. The number of carbonyl (C=O) groups excluding carboxylic acids is 1. The van der Waals surface area contributed by atoms with Crippen molar-refractivity contribution in [2.24, 2.45) is 0 Å². The molecule has 1 aliphatic rings. The van der Waals surface area contributed by atoms with Gasteiger partial charge in [0.15, 0.2) is 0 Å². The Morgan fingerprint density at radius 3 is 2.76 bits per heavy atom. The summed E-state index contributed by atoms with van der Waals surface area (Å²) in [5, 5.41) is 11.1. The van der Waals surface area contributed by atoms with Gasteiger partial charge in [0.1, 0.15) is 5.69 Å². The lowest BCUT2D eigenvalue weighted by molar-refractivity contribution is 0.0534. The number of amides is 1. The van der Waals surface area contributed by atoms with E-state index in [4.69, 9.17) is 0 Å². The number of hydrogen-bond acceptors (Lipinski definition) is 2. The zero-order valence-electron chi connectivity index (χ0n) is 12.8. The van der Waals surface area contributed by atoms with E-state index in [1.54, 1.807) is 11.9 Å². The standard InChI is InChI=1S/C17H22N2O2/c1-10-7-8-13-12(11(10)2)9-14(18-13)17(21)19(3)15-5-4-6-16(15)20/h7-9,15-16,18,20H,4-6H2,1-3H3/t15-,16-/m1/s1. The molecule has 0 unspecified atom stereocenters. The highest BCUT2D eigenvalue weighted by molar-refractivity contribution is 5.99. The lowest BCUT2D eigenvalue weighted by atomic mass is 10.1. The van der Waals surface area contributed by atoms with Gasteiger partial charge in [-0.1, -0.05) is 6.07 Å². The molecule has 1 fully saturated rings. The van der Waals surface area contributed by atoms with Crippen molar-refractivity contribution >= 4 is 16.8 Å². The molecule has 1 aliphatic carbocycles. The van der Waals surface area contributed by atoms with Gasteiger partial charge in [-0.15, -0.1) is 0 Å². The molecule has 0 spiro atoms. The van der Waals surface area contributed by atoms with E-state index in [1.807, 2.05) is 12.1 Å². The fraction of sp³-hybridized carbons (Fsp3) is 0.471. The van der Waals surface area contributed by atoms with Gasteiger partial charge in [0.25, 0.3) is 5.91 Å². The molecule has 3 rings (SSSR count). The van der Waals surface area contributed by atoms with E-state index in [9.17, 15) is 9.90 Å². The van der Waals surface area contributed by atoms with E-state index in [0.717, 1.165) is 30.2 Å². The van der Waals surface area contributed by atoms with Crippen molar-refractivity contribution in [1.29, 1.82) is 0 Å². The average molecular weight is 286 g/mol. The molecule has 2 N–H and O–H groups in total. The van der Waals surface area contributed by atoms with E-state index < -0.39 is 6.10 Å². The number of carbonyl (C=O) groups is 1. The van der Waals surface area contributed by atoms with Crippen LogP contribution in [0.15, 0.2) is 18.2 Å². The quantitative estimate of drug-likeness (QED) is 0.892. The predicted octanol–water partition coefficient (Wildman–Crippen LogP) is 2.77. The summed E-state index contributed by atoms with van der Waals surface area (Å²) in [6.45, 7) is 4.15. The summed E-state index contributed by atoms with van der Waals surface area (Å²) < 4.78 is 0. The molecular formula is C17H22N2O2. The number of fused-ring (bicyclic) bond motifs is 1. The first-order chi connectivity index (χ1) is 9.99. The molecular weight excluding hydrogens is 264 g/mol. The molecule has 2 aromatic rings. The summed E-state index contributed by atoms with van der Waals surface area (Å²) in [6.07, 6.45) is 2.25. The smallest absolute Gasteiger partial charge is 0.270 e. The van der Waals surface area contributed by atoms with Crippen LogP contribution in [0.4, 0.5) is 0 Å². The van der Waals surface area contributed by atoms with Crippen LogP contribution in [0.25, 0.3) is 10.9 Å². The number of nitrogens with zero attached hydrogens (tertiary/aromatic N) is 1. The number of aliphatic hydroxyl groups excluding tert-OH is 1. The maximum atomic E-state index is 12.6. The van der Waals surface area contributed by atoms with Crippen molar-refractivity contribution in [1.82, 2.24) is 9.88 Å². The van der Waals surface area contributed by atoms with Crippen molar-refractivity contribution in [3.8, 4) is 0 Å². The van der Waals surface area contributed by atoms with Crippen LogP contribution < -0.4 is 0 Å². The molecule has 112 valence electrons. The summed E-state index contributed by atoms with van der Waals surface area (Å²) in [5.74, 6) is -0.0470. The Bertz CT molecular complexity index is 689. The number of aryl methyl sites for hydroxylation is 2. The van der Waals surface area contributed by atoms with Crippen LogP contribution in [-0.2, 0) is 0 Å². The zero-order valence-corrected chi connectivity index (χ0v) is 12.8. The maximum Gasteiger partial charge on any atom is 0.270 e. The fourth-order valence-electron chi connectivity index (χ4n) is 3.29. The van der Waals surface area contributed by atoms with E-state index >= 15 is 0 Å². The molecule has 2 atom stereocenters. The predicted molar refractivity (Wildman–Crippen MR) is 83.5 cm³/mol. The van der Waals surface area contributed by atoms with Crippen LogP contribution in [0, 0.1) is 13.8 Å². The third-order valence-electron chi connectivity index (χ3n) is 4.84. The van der Waals surface area contributed by atoms with E-state index in [-0.39, 0.29) is 11.9 Å². The van der Waals surface area contributed by atoms with Crippen molar-refractivity contribution < 1.29 is 9.90 Å². The molecule has 0 saturated heterocycles. The Hall–Kier alpha value is -1.81. The number of rotatable bonds is 2. The lowest BCUT2D eigenvalue weighted by Crippen LogP contribution is -2.41. The third kappa shape index (κ3) is 2.33. The van der Waals surface area contributed by atoms with Crippen LogP contribution in [0.2, 0.25) is 0 Å². The summed E-state index contributed by atoms with van der Waals surface area (Å²) in [7, 11) is 1.78. The van der Waals surface area contributed by atoms with Crippen molar-refractivity contribution in [3.05, 3.63) is 35.0 Å². The van der Waals surface area contributed by atoms with Crippen LogP contribution in [0.3, 0.4) is 0 Å². The largest absolute Gasteiger partial charge is 0.391 e. The Morgan fingerprint density at radius 1 is 1.33 bits per heavy atom. The minimum Gasteiger partial charge on any atom is -0.391 e. The minimum atomic E-state index is -0.396. The number of benzene rings is 1. The van der Waals surface area contributed by atoms with Crippen LogP contribution in [0.1, 0.15) is 40.9 Å². The first kappa shape index (κ1) is 14.1. The molecule has 1 amide bonds. The van der Waals surface area contributed by atoms with Gasteiger partial charge >= 0.3 is 0 Å². The third-order valence-corrected chi connectivity index (χ3v) is 4.84. The van der Waals surface area contributed by atoms with Crippen LogP contribution in [0.5, 0.6) is 0 Å². The lowest BCUT2D eigenvalue weighted by Gasteiger charge is -2.26. The van der Waals surface area contributed by atoms with Gasteiger partial charge in [0.2, 0.25) is 0 Å². The Balaban J connectivity index is 1.93. The summed E-state index contributed by atoms with van der Waals surface area (Å²) in [6, 6.07) is 5.94. The van der Waals surface area contributed by atoms with Gasteiger partial charge in [-0.05, 0) is 56.4 Å². The van der Waals surface area contributed by atoms with Crippen LogP contribution >= 0.6 is 0 Å². The van der Waals surface area contributed by atoms with Gasteiger partial charge in [0, 0.05) is 18.0 Å². The maximum absolute atomic E-state index is 12.6. The second-order valence-electron chi connectivity index (χ2n) is 6.13. The molecule has 21 heavy (non-hydrogen) atoms. The van der Waals surface area contributed by atoms with Crippen molar-refractivity contribution in [2.75, 3.05) is 7.05 Å². The molecule has 0 aliphatic heterocycles. The zero-order chi connectivity index (χ0) is 15.1. The summed E-state index contributed by atoms with van der Waals surface area (Å²) >= 11 is 0. The molecule has 1 saturated carbocycles. The van der Waals surface area contributed by atoms with Crippen LogP contribution in [-0.4, -0.2) is 40.1 Å². The normalized spacial score (nSPS) is 21.9. The van der Waals surface area contributed by atoms with E-state index in [0.29, 0.717) is 5.69 Å². The topological polar surface area (TPSA) is 56.3 Å². The summed E-state index contributed by atoms with van der Waals surface area (Å²) in [5.41, 5.74) is 4.01. The molecule has 0 bridgehead atoms. The van der Waals surface area contributed by atoms with E-state index in [2.05, 4.69) is 24.9 Å². The fourth-order valence-corrected chi connectivity index (χ4v) is 3.29. The Morgan fingerprint density at radius 2 is 2.10 bits per heavy atom. The van der Waals surface area contributed by atoms with Gasteiger partial charge in [-0.2, -0.15) is 0 Å². The van der Waals surface area contributed by atoms with Gasteiger partial charge in [0.05, 0.1) is 12.1 Å². The summed E-state index contributed by atoms with van der Waals surface area (Å²) in [4.78, 5) is 17.5. The second kappa shape index (κ2) is 5.19. The van der Waals surface area contributed by atoms with Gasteiger partial charge < -0.3 is 15.0 Å². The first-order valence-corrected chi connectivity index (χ1v) is 7.53.